The van der Waals surface area contributed by atoms with Crippen LogP contribution in [-0.2, 0) is 0 Å². The molecule has 78 valence electrons. The molecule has 3 heteroatoms. The summed E-state index contributed by atoms with van der Waals surface area (Å²) < 4.78 is 5.61. The highest BCUT2D eigenvalue weighted by Crippen LogP contribution is 2.22. The van der Waals surface area contributed by atoms with E-state index in [1.807, 2.05) is 12.1 Å². The SMILES string of the molecule is C=C[C@@H](N)c1ccc(N(CC)CC)o1. The fraction of sp³-hybridized carbons (Fsp3) is 0.455. The number of hydrogen-bond acceptors (Lipinski definition) is 3. The van der Waals surface area contributed by atoms with Gasteiger partial charge in [-0.2, -0.15) is 0 Å². The van der Waals surface area contributed by atoms with Crippen LogP contribution in [0, 0.1) is 0 Å². The van der Waals surface area contributed by atoms with Gasteiger partial charge in [0.05, 0.1) is 6.04 Å². The van der Waals surface area contributed by atoms with E-state index in [1.54, 1.807) is 6.08 Å². The van der Waals surface area contributed by atoms with Crippen LogP contribution in [0.15, 0.2) is 29.2 Å². The van der Waals surface area contributed by atoms with Gasteiger partial charge in [-0.15, -0.1) is 6.58 Å². The zero-order chi connectivity index (χ0) is 10.6. The highest BCUT2D eigenvalue weighted by molar-refractivity contribution is 5.36. The van der Waals surface area contributed by atoms with Gasteiger partial charge in [-0.1, -0.05) is 6.08 Å². The average Bonchev–Trinajstić information content (AvgIpc) is 2.68. The van der Waals surface area contributed by atoms with Gasteiger partial charge < -0.3 is 15.1 Å². The average molecular weight is 194 g/mol. The van der Waals surface area contributed by atoms with Crippen molar-refractivity contribution in [3.05, 3.63) is 30.5 Å². The van der Waals surface area contributed by atoms with Gasteiger partial charge in [0.2, 0.25) is 0 Å². The van der Waals surface area contributed by atoms with Crippen molar-refractivity contribution in [2.24, 2.45) is 5.73 Å². The van der Waals surface area contributed by atoms with Crippen LogP contribution in [0.1, 0.15) is 25.6 Å². The van der Waals surface area contributed by atoms with Crippen LogP contribution in [-0.4, -0.2) is 13.1 Å². The molecule has 0 aliphatic heterocycles. The van der Waals surface area contributed by atoms with Crippen LogP contribution in [0.4, 0.5) is 5.88 Å². The maximum absolute atomic E-state index is 5.76. The Morgan fingerprint density at radius 1 is 1.50 bits per heavy atom. The summed E-state index contributed by atoms with van der Waals surface area (Å²) in [7, 11) is 0. The Morgan fingerprint density at radius 3 is 2.64 bits per heavy atom. The maximum atomic E-state index is 5.76. The Labute approximate surface area is 85.2 Å². The second kappa shape index (κ2) is 4.86. The largest absolute Gasteiger partial charge is 0.444 e. The topological polar surface area (TPSA) is 42.4 Å². The molecule has 0 saturated heterocycles. The maximum Gasteiger partial charge on any atom is 0.195 e. The van der Waals surface area contributed by atoms with Crippen molar-refractivity contribution < 1.29 is 4.42 Å². The summed E-state index contributed by atoms with van der Waals surface area (Å²) in [6.07, 6.45) is 1.67. The van der Waals surface area contributed by atoms with Gasteiger partial charge in [0.1, 0.15) is 5.76 Å². The minimum absolute atomic E-state index is 0.209. The third-order valence-corrected chi connectivity index (χ3v) is 2.27. The lowest BCUT2D eigenvalue weighted by Gasteiger charge is -2.17. The van der Waals surface area contributed by atoms with E-state index in [9.17, 15) is 0 Å². The number of nitrogens with two attached hydrogens (primary N) is 1. The third-order valence-electron chi connectivity index (χ3n) is 2.27. The van der Waals surface area contributed by atoms with Crippen molar-refractivity contribution in [1.29, 1.82) is 0 Å². The second-order valence-electron chi connectivity index (χ2n) is 3.11. The van der Waals surface area contributed by atoms with Gasteiger partial charge in [-0.05, 0) is 19.9 Å². The molecule has 1 atom stereocenters. The summed E-state index contributed by atoms with van der Waals surface area (Å²) >= 11 is 0. The monoisotopic (exact) mass is 194 g/mol. The summed E-state index contributed by atoms with van der Waals surface area (Å²) in [6.45, 7) is 9.70. The van der Waals surface area contributed by atoms with Crippen molar-refractivity contribution in [1.82, 2.24) is 0 Å². The van der Waals surface area contributed by atoms with Gasteiger partial charge in [0.25, 0.3) is 0 Å². The van der Waals surface area contributed by atoms with E-state index in [-0.39, 0.29) is 6.04 Å². The second-order valence-corrected chi connectivity index (χ2v) is 3.11. The van der Waals surface area contributed by atoms with E-state index >= 15 is 0 Å². The van der Waals surface area contributed by atoms with E-state index in [1.165, 1.54) is 0 Å². The summed E-state index contributed by atoms with van der Waals surface area (Å²) in [5.41, 5.74) is 5.76. The van der Waals surface area contributed by atoms with Crippen molar-refractivity contribution in [3.8, 4) is 0 Å². The van der Waals surface area contributed by atoms with Gasteiger partial charge >= 0.3 is 0 Å². The smallest absolute Gasteiger partial charge is 0.195 e. The molecule has 0 fully saturated rings. The molecule has 0 aliphatic carbocycles. The first-order valence-electron chi connectivity index (χ1n) is 4.95. The highest BCUT2D eigenvalue weighted by Gasteiger charge is 2.10. The van der Waals surface area contributed by atoms with Gasteiger partial charge in [-0.3, -0.25) is 0 Å². The molecule has 0 spiro atoms. The Balaban J connectivity index is 2.81. The van der Waals surface area contributed by atoms with E-state index in [2.05, 4.69) is 25.3 Å². The molecule has 14 heavy (non-hydrogen) atoms. The summed E-state index contributed by atoms with van der Waals surface area (Å²) in [5.74, 6) is 1.64. The first-order chi connectivity index (χ1) is 6.72. The summed E-state index contributed by atoms with van der Waals surface area (Å²) in [5, 5.41) is 0. The first kappa shape index (κ1) is 10.9. The Hall–Kier alpha value is -1.22. The van der Waals surface area contributed by atoms with Crippen molar-refractivity contribution >= 4 is 5.88 Å². The van der Waals surface area contributed by atoms with E-state index < -0.39 is 0 Å². The lowest BCUT2D eigenvalue weighted by molar-refractivity contribution is 0.487. The molecule has 1 rings (SSSR count). The van der Waals surface area contributed by atoms with Crippen molar-refractivity contribution in [3.63, 3.8) is 0 Å². The molecule has 0 amide bonds. The van der Waals surface area contributed by atoms with Gasteiger partial charge in [0.15, 0.2) is 5.88 Å². The molecular weight excluding hydrogens is 176 g/mol. The Kier molecular flexibility index (Phi) is 3.77. The van der Waals surface area contributed by atoms with Gasteiger partial charge in [-0.25, -0.2) is 0 Å². The van der Waals surface area contributed by atoms with E-state index in [0.717, 1.165) is 24.7 Å². The molecule has 1 aromatic heterocycles. The predicted molar refractivity (Wildman–Crippen MR) is 59.4 cm³/mol. The Morgan fingerprint density at radius 2 is 2.14 bits per heavy atom. The number of rotatable bonds is 5. The number of furan rings is 1. The molecule has 3 nitrogen and oxygen atoms in total. The lowest BCUT2D eigenvalue weighted by atomic mass is 10.2. The van der Waals surface area contributed by atoms with E-state index in [0.29, 0.717) is 0 Å². The molecule has 1 heterocycles. The first-order valence-corrected chi connectivity index (χ1v) is 4.95. The molecule has 0 unspecified atom stereocenters. The van der Waals surface area contributed by atoms with Gasteiger partial charge in [0, 0.05) is 19.2 Å². The minimum Gasteiger partial charge on any atom is -0.444 e. The fourth-order valence-electron chi connectivity index (χ4n) is 1.34. The zero-order valence-electron chi connectivity index (χ0n) is 8.86. The third kappa shape index (κ3) is 2.17. The predicted octanol–water partition coefficient (Wildman–Crippen LogP) is 2.31. The number of nitrogens with zero attached hydrogens (tertiary/aromatic N) is 1. The summed E-state index contributed by atoms with van der Waals surface area (Å²) in [6, 6.07) is 3.64. The van der Waals surface area contributed by atoms with Crippen molar-refractivity contribution in [2.45, 2.75) is 19.9 Å². The molecule has 0 saturated carbocycles. The molecule has 2 N–H and O–H groups in total. The van der Waals surface area contributed by atoms with Crippen LogP contribution in [0.2, 0.25) is 0 Å². The Bertz CT molecular complexity index is 289. The van der Waals surface area contributed by atoms with Crippen LogP contribution in [0.5, 0.6) is 0 Å². The molecule has 0 aliphatic rings. The zero-order valence-corrected chi connectivity index (χ0v) is 8.86. The van der Waals surface area contributed by atoms with Crippen LogP contribution >= 0.6 is 0 Å². The van der Waals surface area contributed by atoms with Crippen LogP contribution in [0.3, 0.4) is 0 Å². The summed E-state index contributed by atoms with van der Waals surface area (Å²) in [4.78, 5) is 2.14. The normalized spacial score (nSPS) is 12.5. The van der Waals surface area contributed by atoms with Crippen LogP contribution in [0.25, 0.3) is 0 Å². The number of anilines is 1. The van der Waals surface area contributed by atoms with E-state index in [4.69, 9.17) is 10.2 Å². The fourth-order valence-corrected chi connectivity index (χ4v) is 1.34. The van der Waals surface area contributed by atoms with Crippen LogP contribution < -0.4 is 10.6 Å². The molecule has 0 bridgehead atoms. The molecular formula is C11H18N2O. The minimum atomic E-state index is -0.209. The quantitative estimate of drug-likeness (QED) is 0.731. The molecule has 0 radical (unpaired) electrons. The molecule has 0 aromatic carbocycles. The van der Waals surface area contributed by atoms with Crippen molar-refractivity contribution in [2.75, 3.05) is 18.0 Å². The lowest BCUT2D eigenvalue weighted by Crippen LogP contribution is -2.21. The number of hydrogen-bond donors (Lipinski definition) is 1. The highest BCUT2D eigenvalue weighted by atomic mass is 16.4. The standard InChI is InChI=1S/C11H18N2O/c1-4-9(12)10-7-8-11(14-10)13(5-2)6-3/h4,7-9H,1,5-6,12H2,2-3H3/t9-/m1/s1. The molecule has 1 aromatic rings.